The van der Waals surface area contributed by atoms with Crippen LogP contribution in [0.4, 0.5) is 10.5 Å². The molecule has 0 heterocycles. The third-order valence-electron chi connectivity index (χ3n) is 3.01. The first-order valence-corrected chi connectivity index (χ1v) is 7.50. The van der Waals surface area contributed by atoms with Crippen LogP contribution in [-0.4, -0.2) is 32.3 Å². The van der Waals surface area contributed by atoms with Crippen LogP contribution in [0, 0.1) is 0 Å². The van der Waals surface area contributed by atoms with Gasteiger partial charge in [0.25, 0.3) is 0 Å². The Morgan fingerprint density at radius 1 is 1.14 bits per heavy atom. The molecule has 1 rings (SSSR count). The molecule has 0 bridgehead atoms. The van der Waals surface area contributed by atoms with E-state index in [-0.39, 0.29) is 12.0 Å². The average Bonchev–Trinajstić information content (AvgIpc) is 2.52. The molecule has 0 radical (unpaired) electrons. The Balaban J connectivity index is 2.22. The second-order valence-corrected chi connectivity index (χ2v) is 4.70. The summed E-state index contributed by atoms with van der Waals surface area (Å²) < 4.78 is 10.0. The first kappa shape index (κ1) is 17.8. The highest BCUT2D eigenvalue weighted by atomic mass is 16.5. The molecule has 6 nitrogen and oxygen atoms in total. The van der Waals surface area contributed by atoms with Crippen molar-refractivity contribution in [2.75, 3.05) is 25.6 Å². The molecule has 2 N–H and O–H groups in total. The molecule has 0 atom stereocenters. The fourth-order valence-corrected chi connectivity index (χ4v) is 1.89. The topological polar surface area (TPSA) is 76.7 Å². The standard InChI is InChI=1S/C16H24N2O4/c1-3-22-14-10-7-6-9-13(14)18-16(20)17-12-8-4-5-11-15(19)21-2/h6-7,9-10H,3-5,8,11-12H2,1-2H3,(H2,17,18,20). The monoisotopic (exact) mass is 308 g/mol. The molecule has 0 aliphatic carbocycles. The van der Waals surface area contributed by atoms with Gasteiger partial charge in [-0.05, 0) is 31.9 Å². The summed E-state index contributed by atoms with van der Waals surface area (Å²) in [6.07, 6.45) is 2.87. The van der Waals surface area contributed by atoms with Crippen molar-refractivity contribution >= 4 is 17.7 Å². The number of carbonyl (C=O) groups excluding carboxylic acids is 2. The number of methoxy groups -OCH3 is 1. The van der Waals surface area contributed by atoms with Gasteiger partial charge in [0.15, 0.2) is 0 Å². The first-order chi connectivity index (χ1) is 10.7. The minimum Gasteiger partial charge on any atom is -0.492 e. The van der Waals surface area contributed by atoms with Crippen molar-refractivity contribution in [2.45, 2.75) is 32.6 Å². The number of para-hydroxylation sites is 2. The Kier molecular flexibility index (Phi) is 8.49. The van der Waals surface area contributed by atoms with Crippen molar-refractivity contribution < 1.29 is 19.1 Å². The number of anilines is 1. The number of ether oxygens (including phenoxy) is 2. The number of benzene rings is 1. The Bertz CT molecular complexity index is 477. The fourth-order valence-electron chi connectivity index (χ4n) is 1.89. The van der Waals surface area contributed by atoms with Crippen molar-refractivity contribution in [3.05, 3.63) is 24.3 Å². The normalized spacial score (nSPS) is 9.91. The zero-order valence-electron chi connectivity index (χ0n) is 13.2. The molecular weight excluding hydrogens is 284 g/mol. The van der Waals surface area contributed by atoms with Crippen LogP contribution in [0.1, 0.15) is 32.6 Å². The summed E-state index contributed by atoms with van der Waals surface area (Å²) in [7, 11) is 1.38. The summed E-state index contributed by atoms with van der Waals surface area (Å²) in [5.41, 5.74) is 0.646. The second kappa shape index (κ2) is 10.5. The maximum atomic E-state index is 11.8. The van der Waals surface area contributed by atoms with Crippen LogP contribution in [0.15, 0.2) is 24.3 Å². The lowest BCUT2D eigenvalue weighted by molar-refractivity contribution is -0.140. The van der Waals surface area contributed by atoms with Crippen molar-refractivity contribution in [2.24, 2.45) is 0 Å². The lowest BCUT2D eigenvalue weighted by Gasteiger charge is -2.12. The van der Waals surface area contributed by atoms with E-state index >= 15 is 0 Å². The van der Waals surface area contributed by atoms with Crippen molar-refractivity contribution in [3.8, 4) is 5.75 Å². The van der Waals surface area contributed by atoms with Crippen LogP contribution in [0.25, 0.3) is 0 Å². The van der Waals surface area contributed by atoms with Gasteiger partial charge in [-0.2, -0.15) is 0 Å². The number of rotatable bonds is 9. The maximum Gasteiger partial charge on any atom is 0.319 e. The highest BCUT2D eigenvalue weighted by molar-refractivity contribution is 5.90. The second-order valence-electron chi connectivity index (χ2n) is 4.70. The van der Waals surface area contributed by atoms with Gasteiger partial charge >= 0.3 is 12.0 Å². The van der Waals surface area contributed by atoms with Crippen LogP contribution >= 0.6 is 0 Å². The molecule has 122 valence electrons. The molecule has 0 fully saturated rings. The van der Waals surface area contributed by atoms with Gasteiger partial charge in [0.1, 0.15) is 5.75 Å². The SMILES string of the molecule is CCOc1ccccc1NC(=O)NCCCCCC(=O)OC. The molecule has 1 aromatic carbocycles. The van der Waals surface area contributed by atoms with E-state index in [0.717, 1.165) is 19.3 Å². The van der Waals surface area contributed by atoms with Crippen LogP contribution in [0.2, 0.25) is 0 Å². The summed E-state index contributed by atoms with van der Waals surface area (Å²) in [5.74, 6) is 0.455. The molecule has 0 aliphatic heterocycles. The number of urea groups is 1. The van der Waals surface area contributed by atoms with Gasteiger partial charge in [0, 0.05) is 13.0 Å². The van der Waals surface area contributed by atoms with Gasteiger partial charge in [-0.3, -0.25) is 4.79 Å². The number of esters is 1. The molecule has 1 aromatic rings. The predicted octanol–water partition coefficient (Wildman–Crippen LogP) is 2.94. The number of hydrogen-bond acceptors (Lipinski definition) is 4. The van der Waals surface area contributed by atoms with E-state index in [2.05, 4.69) is 15.4 Å². The van der Waals surface area contributed by atoms with Crippen molar-refractivity contribution in [3.63, 3.8) is 0 Å². The summed E-state index contributed by atoms with van der Waals surface area (Å²) in [5, 5.41) is 5.55. The van der Waals surface area contributed by atoms with Gasteiger partial charge in [-0.1, -0.05) is 18.6 Å². The fraction of sp³-hybridized carbons (Fsp3) is 0.500. The summed E-state index contributed by atoms with van der Waals surface area (Å²) >= 11 is 0. The highest BCUT2D eigenvalue weighted by Gasteiger charge is 2.06. The van der Waals surface area contributed by atoms with Gasteiger partial charge in [0.05, 0.1) is 19.4 Å². The summed E-state index contributed by atoms with van der Waals surface area (Å²) in [6, 6.07) is 7.04. The molecule has 0 saturated heterocycles. The van der Waals surface area contributed by atoms with Gasteiger partial charge in [0.2, 0.25) is 0 Å². The zero-order valence-corrected chi connectivity index (χ0v) is 13.2. The largest absolute Gasteiger partial charge is 0.492 e. The van der Waals surface area contributed by atoms with Crippen molar-refractivity contribution in [1.29, 1.82) is 0 Å². The molecule has 0 aromatic heterocycles. The smallest absolute Gasteiger partial charge is 0.319 e. The number of carbonyl (C=O) groups is 2. The third kappa shape index (κ3) is 6.97. The molecule has 22 heavy (non-hydrogen) atoms. The van der Waals surface area contributed by atoms with Crippen molar-refractivity contribution in [1.82, 2.24) is 5.32 Å². The van der Waals surface area contributed by atoms with Gasteiger partial charge < -0.3 is 20.1 Å². The Labute approximate surface area is 131 Å². The first-order valence-electron chi connectivity index (χ1n) is 7.50. The number of unbranched alkanes of at least 4 members (excludes halogenated alkanes) is 2. The molecule has 0 spiro atoms. The van der Waals surface area contributed by atoms with E-state index in [4.69, 9.17) is 4.74 Å². The highest BCUT2D eigenvalue weighted by Crippen LogP contribution is 2.23. The number of amides is 2. The third-order valence-corrected chi connectivity index (χ3v) is 3.01. The maximum absolute atomic E-state index is 11.8. The number of hydrogen-bond donors (Lipinski definition) is 2. The molecular formula is C16H24N2O4. The van der Waals surface area contributed by atoms with Gasteiger partial charge in [-0.25, -0.2) is 4.79 Å². The minimum atomic E-state index is -0.264. The van der Waals surface area contributed by atoms with E-state index in [9.17, 15) is 9.59 Å². The average molecular weight is 308 g/mol. The van der Waals surface area contributed by atoms with E-state index in [1.807, 2.05) is 25.1 Å². The van der Waals surface area contributed by atoms with Crippen LogP contribution in [0.3, 0.4) is 0 Å². The lowest BCUT2D eigenvalue weighted by atomic mass is 10.2. The number of nitrogens with one attached hydrogen (secondary N) is 2. The molecule has 0 saturated carbocycles. The van der Waals surface area contributed by atoms with Crippen LogP contribution in [-0.2, 0) is 9.53 Å². The summed E-state index contributed by atoms with van der Waals surface area (Å²) in [4.78, 5) is 22.7. The molecule has 0 aliphatic rings. The quantitative estimate of drug-likeness (QED) is 0.543. The summed E-state index contributed by atoms with van der Waals surface area (Å²) in [6.45, 7) is 3.00. The Morgan fingerprint density at radius 3 is 2.64 bits per heavy atom. The zero-order chi connectivity index (χ0) is 16.2. The minimum absolute atomic E-state index is 0.196. The van der Waals surface area contributed by atoms with Gasteiger partial charge in [-0.15, -0.1) is 0 Å². The lowest BCUT2D eigenvalue weighted by Crippen LogP contribution is -2.29. The molecule has 0 unspecified atom stereocenters. The molecule has 2 amide bonds. The van der Waals surface area contributed by atoms with E-state index in [1.165, 1.54) is 7.11 Å². The predicted molar refractivity (Wildman–Crippen MR) is 85.1 cm³/mol. The Morgan fingerprint density at radius 2 is 1.91 bits per heavy atom. The van der Waals surface area contributed by atoms with Crippen LogP contribution < -0.4 is 15.4 Å². The molecule has 6 heteroatoms. The van der Waals surface area contributed by atoms with Crippen LogP contribution in [0.5, 0.6) is 5.75 Å². The van der Waals surface area contributed by atoms with E-state index in [1.54, 1.807) is 6.07 Å². The van der Waals surface area contributed by atoms with E-state index in [0.29, 0.717) is 31.0 Å². The van der Waals surface area contributed by atoms with E-state index < -0.39 is 0 Å². The Hall–Kier alpha value is -2.24.